The topological polar surface area (TPSA) is 24.5 Å². The molecule has 1 N–H and O–H groups in total. The van der Waals surface area contributed by atoms with Crippen LogP contribution >= 0.6 is 0 Å². The molecule has 0 aromatic rings. The maximum atomic E-state index is 5.62. The Morgan fingerprint density at radius 3 is 2.71 bits per heavy atom. The number of rotatable bonds is 7. The van der Waals surface area contributed by atoms with Crippen molar-refractivity contribution in [2.75, 3.05) is 32.8 Å². The SMILES string of the molecule is CC(C)NCC1CCCN(CCOC(C)C)C1. The standard InChI is InChI=1S/C14H30N2O/c1-12(2)15-10-14-6-5-7-16(11-14)8-9-17-13(3)4/h12-15H,5-11H2,1-4H3. The van der Waals surface area contributed by atoms with Gasteiger partial charge in [-0.2, -0.15) is 0 Å². The molecule has 0 radical (unpaired) electrons. The summed E-state index contributed by atoms with van der Waals surface area (Å²) in [5.41, 5.74) is 0. The molecule has 0 aromatic heterocycles. The summed E-state index contributed by atoms with van der Waals surface area (Å²) in [4.78, 5) is 2.55. The molecule has 1 atom stereocenters. The van der Waals surface area contributed by atoms with Gasteiger partial charge in [-0.3, -0.25) is 0 Å². The Kier molecular flexibility index (Phi) is 7.09. The number of piperidine rings is 1. The van der Waals surface area contributed by atoms with Crippen molar-refractivity contribution in [2.24, 2.45) is 5.92 Å². The van der Waals surface area contributed by atoms with E-state index in [1.165, 1.54) is 32.5 Å². The van der Waals surface area contributed by atoms with Crippen LogP contribution < -0.4 is 5.32 Å². The number of likely N-dealkylation sites (tertiary alicyclic amines) is 1. The van der Waals surface area contributed by atoms with Crippen molar-refractivity contribution < 1.29 is 4.74 Å². The molecule has 1 heterocycles. The highest BCUT2D eigenvalue weighted by Crippen LogP contribution is 2.15. The Morgan fingerprint density at radius 2 is 2.06 bits per heavy atom. The Labute approximate surface area is 107 Å². The van der Waals surface area contributed by atoms with Gasteiger partial charge in [0.05, 0.1) is 12.7 Å². The van der Waals surface area contributed by atoms with E-state index in [-0.39, 0.29) is 0 Å². The predicted molar refractivity (Wildman–Crippen MR) is 73.4 cm³/mol. The van der Waals surface area contributed by atoms with Crippen molar-refractivity contribution in [2.45, 2.75) is 52.7 Å². The minimum atomic E-state index is 0.359. The predicted octanol–water partition coefficient (Wildman–Crippen LogP) is 2.12. The van der Waals surface area contributed by atoms with E-state index in [4.69, 9.17) is 4.74 Å². The smallest absolute Gasteiger partial charge is 0.0596 e. The molecule has 3 nitrogen and oxygen atoms in total. The van der Waals surface area contributed by atoms with E-state index in [0.717, 1.165) is 19.1 Å². The highest BCUT2D eigenvalue weighted by Gasteiger charge is 2.19. The fraction of sp³-hybridized carbons (Fsp3) is 1.00. The highest BCUT2D eigenvalue weighted by molar-refractivity contribution is 4.75. The number of ether oxygens (including phenoxy) is 1. The van der Waals surface area contributed by atoms with Crippen molar-refractivity contribution in [3.8, 4) is 0 Å². The van der Waals surface area contributed by atoms with Gasteiger partial charge in [0.25, 0.3) is 0 Å². The summed E-state index contributed by atoms with van der Waals surface area (Å²) in [5.74, 6) is 0.824. The molecule has 0 spiro atoms. The van der Waals surface area contributed by atoms with E-state index < -0.39 is 0 Å². The molecule has 1 aliphatic rings. The fourth-order valence-electron chi connectivity index (χ4n) is 2.34. The van der Waals surface area contributed by atoms with Crippen molar-refractivity contribution in [1.82, 2.24) is 10.2 Å². The molecule has 17 heavy (non-hydrogen) atoms. The van der Waals surface area contributed by atoms with Crippen LogP contribution in [0.4, 0.5) is 0 Å². The minimum absolute atomic E-state index is 0.359. The fourth-order valence-corrected chi connectivity index (χ4v) is 2.34. The monoisotopic (exact) mass is 242 g/mol. The van der Waals surface area contributed by atoms with E-state index in [0.29, 0.717) is 12.1 Å². The average molecular weight is 242 g/mol. The molecule has 0 aliphatic carbocycles. The minimum Gasteiger partial charge on any atom is -0.377 e. The van der Waals surface area contributed by atoms with Crippen LogP contribution in [0.1, 0.15) is 40.5 Å². The van der Waals surface area contributed by atoms with Crippen LogP contribution in [0.3, 0.4) is 0 Å². The molecule has 1 rings (SSSR count). The van der Waals surface area contributed by atoms with E-state index >= 15 is 0 Å². The van der Waals surface area contributed by atoms with Crippen LogP contribution in [-0.2, 0) is 4.74 Å². The molecule has 0 amide bonds. The van der Waals surface area contributed by atoms with Crippen LogP contribution in [0.25, 0.3) is 0 Å². The molecule has 102 valence electrons. The van der Waals surface area contributed by atoms with Crippen molar-refractivity contribution in [3.63, 3.8) is 0 Å². The van der Waals surface area contributed by atoms with E-state index in [1.807, 2.05) is 0 Å². The molecule has 1 fully saturated rings. The first kappa shape index (κ1) is 14.9. The summed E-state index contributed by atoms with van der Waals surface area (Å²) in [6.07, 6.45) is 3.08. The first-order chi connectivity index (χ1) is 8.08. The average Bonchev–Trinajstić information content (AvgIpc) is 2.26. The molecule has 3 heteroatoms. The lowest BCUT2D eigenvalue weighted by atomic mass is 9.98. The Hall–Kier alpha value is -0.120. The molecular weight excluding hydrogens is 212 g/mol. The van der Waals surface area contributed by atoms with Gasteiger partial charge in [0.2, 0.25) is 0 Å². The second kappa shape index (κ2) is 8.06. The zero-order chi connectivity index (χ0) is 12.7. The number of hydrogen-bond donors (Lipinski definition) is 1. The second-order valence-corrected chi connectivity index (χ2v) is 5.79. The van der Waals surface area contributed by atoms with Crippen LogP contribution in [0.5, 0.6) is 0 Å². The zero-order valence-electron chi connectivity index (χ0n) is 12.0. The molecular formula is C14H30N2O. The van der Waals surface area contributed by atoms with E-state index in [2.05, 4.69) is 37.9 Å². The number of nitrogens with one attached hydrogen (secondary N) is 1. The molecule has 1 aliphatic heterocycles. The van der Waals surface area contributed by atoms with Gasteiger partial charge in [-0.15, -0.1) is 0 Å². The van der Waals surface area contributed by atoms with Crippen LogP contribution in [0, 0.1) is 5.92 Å². The lowest BCUT2D eigenvalue weighted by molar-refractivity contribution is 0.0486. The number of hydrogen-bond acceptors (Lipinski definition) is 3. The van der Waals surface area contributed by atoms with Gasteiger partial charge in [0, 0.05) is 19.1 Å². The second-order valence-electron chi connectivity index (χ2n) is 5.79. The maximum absolute atomic E-state index is 5.62. The summed E-state index contributed by atoms with van der Waals surface area (Å²) in [5, 5.41) is 3.55. The molecule has 1 saturated heterocycles. The molecule has 0 aromatic carbocycles. The summed E-state index contributed by atoms with van der Waals surface area (Å²) in [7, 11) is 0. The van der Waals surface area contributed by atoms with E-state index in [9.17, 15) is 0 Å². The number of nitrogens with zero attached hydrogens (tertiary/aromatic N) is 1. The van der Waals surface area contributed by atoms with Gasteiger partial charge in [-0.05, 0) is 45.7 Å². The normalized spacial score (nSPS) is 22.6. The zero-order valence-corrected chi connectivity index (χ0v) is 12.0. The van der Waals surface area contributed by atoms with Gasteiger partial charge >= 0.3 is 0 Å². The summed E-state index contributed by atoms with van der Waals surface area (Å²) in [6, 6.07) is 0.606. The van der Waals surface area contributed by atoms with Gasteiger partial charge in [0.1, 0.15) is 0 Å². The quantitative estimate of drug-likeness (QED) is 0.740. The summed E-state index contributed by atoms with van der Waals surface area (Å²) >= 11 is 0. The first-order valence-corrected chi connectivity index (χ1v) is 7.15. The van der Waals surface area contributed by atoms with Gasteiger partial charge < -0.3 is 15.0 Å². The maximum Gasteiger partial charge on any atom is 0.0596 e. The lowest BCUT2D eigenvalue weighted by Crippen LogP contribution is -2.42. The molecule has 1 unspecified atom stereocenters. The van der Waals surface area contributed by atoms with Gasteiger partial charge in [-0.1, -0.05) is 13.8 Å². The van der Waals surface area contributed by atoms with Crippen LogP contribution in [0.15, 0.2) is 0 Å². The van der Waals surface area contributed by atoms with E-state index in [1.54, 1.807) is 0 Å². The molecule has 0 saturated carbocycles. The Balaban J connectivity index is 2.14. The third kappa shape index (κ3) is 7.02. The third-order valence-electron chi connectivity index (χ3n) is 3.28. The largest absolute Gasteiger partial charge is 0.377 e. The van der Waals surface area contributed by atoms with Gasteiger partial charge in [-0.25, -0.2) is 0 Å². The molecule has 0 bridgehead atoms. The van der Waals surface area contributed by atoms with Crippen LogP contribution in [0.2, 0.25) is 0 Å². The highest BCUT2D eigenvalue weighted by atomic mass is 16.5. The van der Waals surface area contributed by atoms with Crippen molar-refractivity contribution in [3.05, 3.63) is 0 Å². The first-order valence-electron chi connectivity index (χ1n) is 7.15. The van der Waals surface area contributed by atoms with Crippen molar-refractivity contribution >= 4 is 0 Å². The third-order valence-corrected chi connectivity index (χ3v) is 3.28. The lowest BCUT2D eigenvalue weighted by Gasteiger charge is -2.33. The van der Waals surface area contributed by atoms with Crippen molar-refractivity contribution in [1.29, 1.82) is 0 Å². The Morgan fingerprint density at radius 1 is 1.29 bits per heavy atom. The Bertz CT molecular complexity index is 195. The summed E-state index contributed by atoms with van der Waals surface area (Å²) < 4.78 is 5.62. The van der Waals surface area contributed by atoms with Gasteiger partial charge in [0.15, 0.2) is 0 Å². The summed E-state index contributed by atoms with van der Waals surface area (Å²) in [6.45, 7) is 14.3. The van der Waals surface area contributed by atoms with Crippen LogP contribution in [-0.4, -0.2) is 49.8 Å².